The number of fused-ring (bicyclic) bond motifs is 2. The molecule has 182 valence electrons. The molecular formula is C29H22FN5O2. The van der Waals surface area contributed by atoms with Gasteiger partial charge in [-0.05, 0) is 49.7 Å². The minimum absolute atomic E-state index is 0.251. The van der Waals surface area contributed by atoms with Crippen LogP contribution in [0.5, 0.6) is 0 Å². The van der Waals surface area contributed by atoms with E-state index in [4.69, 9.17) is 15.2 Å². The lowest BCUT2D eigenvalue weighted by Crippen LogP contribution is -2.16. The number of halogens is 1. The molecule has 0 amide bonds. The van der Waals surface area contributed by atoms with Gasteiger partial charge in [0.05, 0.1) is 16.3 Å². The molecule has 7 nitrogen and oxygen atoms in total. The Kier molecular flexibility index (Phi) is 5.30. The van der Waals surface area contributed by atoms with Crippen LogP contribution >= 0.6 is 0 Å². The van der Waals surface area contributed by atoms with Crippen LogP contribution in [0, 0.1) is 12.7 Å². The number of rotatable bonds is 4. The first-order chi connectivity index (χ1) is 17.9. The minimum atomic E-state index is -0.592. The number of nitrogen functional groups attached to an aromatic ring is 1. The SMILES string of the molecule is Cc1cccc(-c2nn(C(C)c3oc4ccccc4c(=O)c3-c3cccc(F)c3)c3ncnc(N)c23)c1. The summed E-state index contributed by atoms with van der Waals surface area (Å²) >= 11 is 0. The molecule has 3 aromatic heterocycles. The quantitative estimate of drug-likeness (QED) is 0.329. The Morgan fingerprint density at radius 3 is 2.57 bits per heavy atom. The third-order valence-electron chi connectivity index (χ3n) is 6.49. The van der Waals surface area contributed by atoms with Crippen molar-refractivity contribution in [2.45, 2.75) is 19.9 Å². The highest BCUT2D eigenvalue weighted by molar-refractivity contribution is 5.98. The highest BCUT2D eigenvalue weighted by Crippen LogP contribution is 2.36. The zero-order valence-corrected chi connectivity index (χ0v) is 20.1. The Hall–Kier alpha value is -4.85. The fraction of sp³-hybridized carbons (Fsp3) is 0.103. The molecule has 0 aliphatic heterocycles. The van der Waals surface area contributed by atoms with Crippen LogP contribution in [0.2, 0.25) is 0 Å². The molecule has 8 heteroatoms. The van der Waals surface area contributed by atoms with E-state index in [1.165, 1.54) is 18.5 Å². The second-order valence-electron chi connectivity index (χ2n) is 8.97. The number of benzene rings is 3. The Morgan fingerprint density at radius 1 is 0.973 bits per heavy atom. The summed E-state index contributed by atoms with van der Waals surface area (Å²) in [5.74, 6) is 0.187. The van der Waals surface area contributed by atoms with Gasteiger partial charge < -0.3 is 10.2 Å². The highest BCUT2D eigenvalue weighted by atomic mass is 19.1. The lowest BCUT2D eigenvalue weighted by molar-refractivity contribution is 0.446. The van der Waals surface area contributed by atoms with E-state index in [-0.39, 0.29) is 11.0 Å². The number of hydrogen-bond donors (Lipinski definition) is 1. The van der Waals surface area contributed by atoms with E-state index in [9.17, 15) is 9.18 Å². The lowest BCUT2D eigenvalue weighted by Gasteiger charge is -2.17. The van der Waals surface area contributed by atoms with Crippen molar-refractivity contribution in [3.05, 3.63) is 106 Å². The Bertz CT molecular complexity index is 1870. The van der Waals surface area contributed by atoms with Crippen LogP contribution in [-0.4, -0.2) is 19.7 Å². The van der Waals surface area contributed by atoms with Crippen molar-refractivity contribution >= 4 is 27.8 Å². The van der Waals surface area contributed by atoms with Gasteiger partial charge in [-0.3, -0.25) is 4.79 Å². The summed E-state index contributed by atoms with van der Waals surface area (Å²) in [7, 11) is 0. The van der Waals surface area contributed by atoms with Crippen LogP contribution in [0.1, 0.15) is 24.3 Å². The monoisotopic (exact) mass is 491 g/mol. The molecule has 0 radical (unpaired) electrons. The first kappa shape index (κ1) is 22.6. The van der Waals surface area contributed by atoms with Gasteiger partial charge in [-0.25, -0.2) is 19.0 Å². The normalized spacial score (nSPS) is 12.3. The predicted octanol–water partition coefficient (Wildman–Crippen LogP) is 5.91. The molecule has 6 aromatic rings. The first-order valence-electron chi connectivity index (χ1n) is 11.8. The van der Waals surface area contributed by atoms with E-state index in [1.807, 2.05) is 38.1 Å². The van der Waals surface area contributed by atoms with E-state index >= 15 is 0 Å². The van der Waals surface area contributed by atoms with Gasteiger partial charge in [0.15, 0.2) is 5.65 Å². The maximum absolute atomic E-state index is 14.2. The van der Waals surface area contributed by atoms with Crippen molar-refractivity contribution in [3.8, 4) is 22.4 Å². The maximum Gasteiger partial charge on any atom is 0.200 e. The first-order valence-corrected chi connectivity index (χ1v) is 11.8. The molecule has 3 aromatic carbocycles. The molecule has 0 fully saturated rings. The van der Waals surface area contributed by atoms with E-state index in [1.54, 1.807) is 41.1 Å². The number of aromatic nitrogens is 4. The standard InChI is InChI=1S/C29H22FN5O2/c1-16-7-5-9-19(13-16)25-24-28(31)32-15-33-29(24)35(34-25)17(2)27-23(18-8-6-10-20(30)14-18)26(36)21-11-3-4-12-22(21)37-27/h3-15,17H,1-2H3,(H2,31,32,33). The largest absolute Gasteiger partial charge is 0.458 e. The topological polar surface area (TPSA) is 99.8 Å². The van der Waals surface area contributed by atoms with Gasteiger partial charge in [0.2, 0.25) is 5.43 Å². The molecule has 1 atom stereocenters. The number of para-hydroxylation sites is 1. The maximum atomic E-state index is 14.2. The predicted molar refractivity (Wildman–Crippen MR) is 142 cm³/mol. The number of nitrogens with two attached hydrogens (primary N) is 1. The molecule has 2 N–H and O–H groups in total. The van der Waals surface area contributed by atoms with Crippen molar-refractivity contribution < 1.29 is 8.81 Å². The molecule has 0 spiro atoms. The summed E-state index contributed by atoms with van der Waals surface area (Å²) in [6, 6.07) is 20.3. The van der Waals surface area contributed by atoms with Crippen LogP contribution in [0.15, 0.2) is 88.3 Å². The summed E-state index contributed by atoms with van der Waals surface area (Å²) in [5, 5.41) is 5.92. The van der Waals surface area contributed by atoms with E-state index in [0.29, 0.717) is 44.8 Å². The fourth-order valence-electron chi connectivity index (χ4n) is 4.74. The van der Waals surface area contributed by atoms with Crippen LogP contribution in [0.3, 0.4) is 0 Å². The van der Waals surface area contributed by atoms with Crippen LogP contribution in [0.4, 0.5) is 10.2 Å². The number of hydrogen-bond acceptors (Lipinski definition) is 6. The second-order valence-corrected chi connectivity index (χ2v) is 8.97. The van der Waals surface area contributed by atoms with Gasteiger partial charge in [-0.15, -0.1) is 0 Å². The van der Waals surface area contributed by atoms with Gasteiger partial charge in [0.1, 0.15) is 41.0 Å². The molecule has 0 bridgehead atoms. The van der Waals surface area contributed by atoms with Crippen LogP contribution in [0.25, 0.3) is 44.4 Å². The molecule has 0 saturated heterocycles. The Balaban J connectivity index is 1.65. The third-order valence-corrected chi connectivity index (χ3v) is 6.49. The van der Waals surface area contributed by atoms with Gasteiger partial charge in [-0.2, -0.15) is 5.10 Å². The van der Waals surface area contributed by atoms with Crippen molar-refractivity contribution in [1.82, 2.24) is 19.7 Å². The average molecular weight is 492 g/mol. The molecule has 0 aliphatic carbocycles. The summed E-state index contributed by atoms with van der Waals surface area (Å²) in [6.07, 6.45) is 1.38. The molecule has 6 rings (SSSR count). The van der Waals surface area contributed by atoms with Crippen molar-refractivity contribution in [2.75, 3.05) is 5.73 Å². The van der Waals surface area contributed by atoms with Crippen molar-refractivity contribution in [1.29, 1.82) is 0 Å². The smallest absolute Gasteiger partial charge is 0.200 e. The highest BCUT2D eigenvalue weighted by Gasteiger charge is 2.27. The van der Waals surface area contributed by atoms with E-state index in [2.05, 4.69) is 9.97 Å². The van der Waals surface area contributed by atoms with Gasteiger partial charge in [-0.1, -0.05) is 48.0 Å². The summed E-state index contributed by atoms with van der Waals surface area (Å²) < 4.78 is 22.3. The molecule has 37 heavy (non-hydrogen) atoms. The van der Waals surface area contributed by atoms with E-state index in [0.717, 1.165) is 11.1 Å². The zero-order chi connectivity index (χ0) is 25.7. The molecule has 0 aliphatic rings. The van der Waals surface area contributed by atoms with Gasteiger partial charge in [0.25, 0.3) is 0 Å². The number of aryl methyl sites for hydroxylation is 1. The third kappa shape index (κ3) is 3.74. The molecule has 0 saturated carbocycles. The number of nitrogens with zero attached hydrogens (tertiary/aromatic N) is 4. The number of anilines is 1. The molecular weight excluding hydrogens is 469 g/mol. The molecule has 1 unspecified atom stereocenters. The second kappa shape index (κ2) is 8.67. The lowest BCUT2D eigenvalue weighted by atomic mass is 9.99. The minimum Gasteiger partial charge on any atom is -0.458 e. The summed E-state index contributed by atoms with van der Waals surface area (Å²) in [5.41, 5.74) is 10.2. The Morgan fingerprint density at radius 2 is 1.76 bits per heavy atom. The van der Waals surface area contributed by atoms with Gasteiger partial charge in [0, 0.05) is 5.56 Å². The Labute approximate surface area is 211 Å². The summed E-state index contributed by atoms with van der Waals surface area (Å²) in [6.45, 7) is 3.86. The molecule has 3 heterocycles. The van der Waals surface area contributed by atoms with E-state index < -0.39 is 11.9 Å². The van der Waals surface area contributed by atoms with Gasteiger partial charge >= 0.3 is 0 Å². The fourth-order valence-corrected chi connectivity index (χ4v) is 4.74. The van der Waals surface area contributed by atoms with Crippen LogP contribution < -0.4 is 11.2 Å². The zero-order valence-electron chi connectivity index (χ0n) is 20.1. The van der Waals surface area contributed by atoms with Crippen molar-refractivity contribution in [3.63, 3.8) is 0 Å². The average Bonchev–Trinajstić information content (AvgIpc) is 3.29. The summed E-state index contributed by atoms with van der Waals surface area (Å²) in [4.78, 5) is 22.4. The van der Waals surface area contributed by atoms with Crippen LogP contribution in [-0.2, 0) is 0 Å². The van der Waals surface area contributed by atoms with Crippen molar-refractivity contribution in [2.24, 2.45) is 0 Å².